The van der Waals surface area contributed by atoms with Gasteiger partial charge in [0.05, 0.1) is 11.0 Å². The summed E-state index contributed by atoms with van der Waals surface area (Å²) < 4.78 is 2.33. The summed E-state index contributed by atoms with van der Waals surface area (Å²) >= 11 is 0. The number of benzene rings is 9. The SMILES string of the molecule is CC.CC1(C)c2ccccc2-c2ccc(-c3cccc4c5c6ccccc6c6ccccc6c5n(-c5nc(-c6ccccc6)nc(-c6ccc7ccccc7c6)n5)c34)cc21. The normalized spacial score (nSPS) is 12.8. The van der Waals surface area contributed by atoms with E-state index in [0.717, 1.165) is 49.4 Å². The van der Waals surface area contributed by atoms with E-state index >= 15 is 0 Å². The van der Waals surface area contributed by atoms with Crippen LogP contribution in [-0.4, -0.2) is 19.5 Å². The van der Waals surface area contributed by atoms with Gasteiger partial charge in [-0.2, -0.15) is 9.97 Å². The van der Waals surface area contributed by atoms with Crippen molar-refractivity contribution in [2.75, 3.05) is 0 Å². The Morgan fingerprint density at radius 3 is 1.77 bits per heavy atom. The molecule has 4 nitrogen and oxygen atoms in total. The van der Waals surface area contributed by atoms with Crippen LogP contribution < -0.4 is 0 Å². The second-order valence-corrected chi connectivity index (χ2v) is 16.0. The zero-order chi connectivity index (χ0) is 40.5. The number of aromatic nitrogens is 4. The Morgan fingerprint density at radius 1 is 0.383 bits per heavy atom. The molecule has 12 rings (SSSR count). The van der Waals surface area contributed by atoms with Crippen LogP contribution in [0.4, 0.5) is 0 Å². The smallest absolute Gasteiger partial charge is 0.238 e. The minimum Gasteiger partial charge on any atom is -0.277 e. The van der Waals surface area contributed by atoms with E-state index < -0.39 is 0 Å². The Balaban J connectivity index is 0.00000201. The Bertz CT molecular complexity index is 3490. The fraction of sp³-hybridized carbons (Fsp3) is 0.0893. The van der Waals surface area contributed by atoms with Crippen LogP contribution in [0.3, 0.4) is 0 Å². The van der Waals surface area contributed by atoms with Crippen molar-refractivity contribution in [3.63, 3.8) is 0 Å². The molecule has 60 heavy (non-hydrogen) atoms. The van der Waals surface area contributed by atoms with Crippen LogP contribution in [0.25, 0.3) is 105 Å². The van der Waals surface area contributed by atoms with Gasteiger partial charge >= 0.3 is 0 Å². The van der Waals surface area contributed by atoms with Crippen LogP contribution >= 0.6 is 0 Å². The van der Waals surface area contributed by atoms with Crippen LogP contribution in [0.5, 0.6) is 0 Å². The van der Waals surface area contributed by atoms with Gasteiger partial charge in [-0.1, -0.05) is 198 Å². The highest BCUT2D eigenvalue weighted by molar-refractivity contribution is 6.33. The zero-order valence-electron chi connectivity index (χ0n) is 34.1. The van der Waals surface area contributed by atoms with Gasteiger partial charge in [-0.3, -0.25) is 4.57 Å². The summed E-state index contributed by atoms with van der Waals surface area (Å²) in [5.41, 5.74) is 11.5. The van der Waals surface area contributed by atoms with E-state index in [1.807, 2.05) is 32.0 Å². The molecule has 9 aromatic carbocycles. The van der Waals surface area contributed by atoms with Crippen molar-refractivity contribution in [2.24, 2.45) is 0 Å². The first-order valence-electron chi connectivity index (χ1n) is 21.0. The molecule has 0 fully saturated rings. The summed E-state index contributed by atoms with van der Waals surface area (Å²) in [6.45, 7) is 8.70. The maximum atomic E-state index is 5.45. The van der Waals surface area contributed by atoms with E-state index in [4.69, 9.17) is 15.0 Å². The van der Waals surface area contributed by atoms with Crippen molar-refractivity contribution in [3.05, 3.63) is 193 Å². The maximum absolute atomic E-state index is 5.45. The summed E-state index contributed by atoms with van der Waals surface area (Å²) in [6.07, 6.45) is 0. The molecule has 0 atom stereocenters. The number of nitrogens with zero attached hydrogens (tertiary/aromatic N) is 4. The van der Waals surface area contributed by atoms with Crippen molar-refractivity contribution in [1.29, 1.82) is 0 Å². The fourth-order valence-corrected chi connectivity index (χ4v) is 9.67. The van der Waals surface area contributed by atoms with Crippen molar-refractivity contribution < 1.29 is 0 Å². The molecule has 286 valence electrons. The third kappa shape index (κ3) is 5.34. The molecule has 1 aliphatic carbocycles. The highest BCUT2D eigenvalue weighted by Crippen LogP contribution is 2.51. The number of hydrogen-bond acceptors (Lipinski definition) is 3. The molecule has 4 heteroatoms. The van der Waals surface area contributed by atoms with Gasteiger partial charge < -0.3 is 0 Å². The first-order chi connectivity index (χ1) is 29.5. The predicted molar refractivity (Wildman–Crippen MR) is 252 cm³/mol. The topological polar surface area (TPSA) is 43.6 Å². The summed E-state index contributed by atoms with van der Waals surface area (Å²) in [4.78, 5) is 16.0. The van der Waals surface area contributed by atoms with Gasteiger partial charge in [0, 0.05) is 38.3 Å². The largest absolute Gasteiger partial charge is 0.277 e. The highest BCUT2D eigenvalue weighted by Gasteiger charge is 2.35. The van der Waals surface area contributed by atoms with Gasteiger partial charge in [-0.05, 0) is 66.9 Å². The zero-order valence-corrected chi connectivity index (χ0v) is 34.1. The van der Waals surface area contributed by atoms with Crippen LogP contribution in [0.1, 0.15) is 38.8 Å². The van der Waals surface area contributed by atoms with Crippen molar-refractivity contribution in [3.8, 4) is 51.0 Å². The van der Waals surface area contributed by atoms with Crippen molar-refractivity contribution >= 4 is 54.1 Å². The van der Waals surface area contributed by atoms with E-state index in [1.54, 1.807) is 0 Å². The van der Waals surface area contributed by atoms with Crippen LogP contribution in [0, 0.1) is 0 Å². The standard InChI is InChI=1S/C54H36N4.C2H6/c1-54(2)46-26-13-12-21-41(46)42-30-29-36(32-47(42)54)38-24-14-25-45-48-43-22-10-8-19-39(43)40-20-9-11-23-44(40)50(48)58(49(38)45)53-56-51(34-16-4-3-5-17-34)55-52(57-53)37-28-27-33-15-6-7-18-35(33)31-37;1-2/h3-32H,1-2H3;1-2H3. The lowest BCUT2D eigenvalue weighted by Gasteiger charge is -2.22. The van der Waals surface area contributed by atoms with E-state index in [1.165, 1.54) is 49.2 Å². The highest BCUT2D eigenvalue weighted by atomic mass is 15.2. The van der Waals surface area contributed by atoms with Gasteiger partial charge in [0.15, 0.2) is 11.6 Å². The molecule has 0 saturated heterocycles. The number of rotatable bonds is 4. The third-order valence-corrected chi connectivity index (χ3v) is 12.4. The first kappa shape index (κ1) is 35.7. The number of hydrogen-bond donors (Lipinski definition) is 0. The Labute approximate surface area is 349 Å². The lowest BCUT2D eigenvalue weighted by atomic mass is 9.81. The number of fused-ring (bicyclic) bond motifs is 12. The van der Waals surface area contributed by atoms with Crippen molar-refractivity contribution in [1.82, 2.24) is 19.5 Å². The summed E-state index contributed by atoms with van der Waals surface area (Å²) in [5, 5.41) is 9.44. The summed E-state index contributed by atoms with van der Waals surface area (Å²) in [5.74, 6) is 1.84. The Hall–Kier alpha value is -7.43. The Kier molecular flexibility index (Phi) is 8.25. The average Bonchev–Trinajstić information content (AvgIpc) is 3.79. The molecule has 2 heterocycles. The third-order valence-electron chi connectivity index (χ3n) is 12.4. The number of para-hydroxylation sites is 1. The molecular formula is C56H42N4. The molecule has 0 radical (unpaired) electrons. The molecule has 0 N–H and O–H groups in total. The van der Waals surface area contributed by atoms with E-state index in [9.17, 15) is 0 Å². The molecule has 0 saturated carbocycles. The average molecular weight is 771 g/mol. The van der Waals surface area contributed by atoms with Gasteiger partial charge in [-0.15, -0.1) is 0 Å². The molecule has 2 aromatic heterocycles. The molecule has 0 bridgehead atoms. The van der Waals surface area contributed by atoms with E-state index in [2.05, 4.69) is 182 Å². The van der Waals surface area contributed by atoms with Crippen LogP contribution in [0.15, 0.2) is 182 Å². The monoisotopic (exact) mass is 770 g/mol. The Morgan fingerprint density at radius 2 is 0.967 bits per heavy atom. The molecular weight excluding hydrogens is 729 g/mol. The maximum Gasteiger partial charge on any atom is 0.238 e. The first-order valence-corrected chi connectivity index (χ1v) is 21.0. The molecule has 0 aliphatic heterocycles. The van der Waals surface area contributed by atoms with Crippen LogP contribution in [0.2, 0.25) is 0 Å². The predicted octanol–water partition coefficient (Wildman–Crippen LogP) is 14.8. The molecule has 0 spiro atoms. The van der Waals surface area contributed by atoms with Gasteiger partial charge in [-0.25, -0.2) is 4.98 Å². The second kappa shape index (κ2) is 13.9. The molecule has 11 aromatic rings. The quantitative estimate of drug-likeness (QED) is 0.167. The van der Waals surface area contributed by atoms with Crippen LogP contribution in [-0.2, 0) is 5.41 Å². The van der Waals surface area contributed by atoms with E-state index in [-0.39, 0.29) is 5.41 Å². The molecule has 1 aliphatic rings. The fourth-order valence-electron chi connectivity index (χ4n) is 9.67. The van der Waals surface area contributed by atoms with Gasteiger partial charge in [0.1, 0.15) is 0 Å². The molecule has 0 amide bonds. The molecule has 0 unspecified atom stereocenters. The minimum atomic E-state index is -0.136. The second-order valence-electron chi connectivity index (χ2n) is 16.0. The van der Waals surface area contributed by atoms with Gasteiger partial charge in [0.25, 0.3) is 0 Å². The lowest BCUT2D eigenvalue weighted by Crippen LogP contribution is -2.14. The van der Waals surface area contributed by atoms with E-state index in [0.29, 0.717) is 17.6 Å². The summed E-state index contributed by atoms with van der Waals surface area (Å²) in [7, 11) is 0. The van der Waals surface area contributed by atoms with Crippen molar-refractivity contribution in [2.45, 2.75) is 33.1 Å². The lowest BCUT2D eigenvalue weighted by molar-refractivity contribution is 0.660. The minimum absolute atomic E-state index is 0.136. The summed E-state index contributed by atoms with van der Waals surface area (Å²) in [6, 6.07) is 65.4. The van der Waals surface area contributed by atoms with Gasteiger partial charge in [0.2, 0.25) is 5.95 Å².